The van der Waals surface area contributed by atoms with E-state index in [1.165, 1.54) is 18.2 Å². The van der Waals surface area contributed by atoms with Crippen LogP contribution in [-0.4, -0.2) is 21.4 Å². The maximum Gasteiger partial charge on any atom is 0.261 e. The van der Waals surface area contributed by atoms with E-state index < -0.39 is 10.0 Å². The first-order valence-corrected chi connectivity index (χ1v) is 11.9. The zero-order valence-corrected chi connectivity index (χ0v) is 19.2. The molecule has 3 aromatic rings. The molecule has 0 aliphatic rings. The van der Waals surface area contributed by atoms with Gasteiger partial charge in [0.2, 0.25) is 0 Å². The minimum absolute atomic E-state index is 0.159. The summed E-state index contributed by atoms with van der Waals surface area (Å²) in [6.07, 6.45) is 0.762. The van der Waals surface area contributed by atoms with E-state index in [4.69, 9.17) is 4.74 Å². The summed E-state index contributed by atoms with van der Waals surface area (Å²) in [5.41, 5.74) is 1.68. The van der Waals surface area contributed by atoms with Gasteiger partial charge >= 0.3 is 0 Å². The number of carbonyl (C=O) groups excluding carboxylic acids is 1. The molecule has 0 aliphatic carbocycles. The zero-order valence-electron chi connectivity index (χ0n) is 18.4. The van der Waals surface area contributed by atoms with Crippen molar-refractivity contribution in [2.24, 2.45) is 5.92 Å². The van der Waals surface area contributed by atoms with Crippen LogP contribution in [0, 0.1) is 5.92 Å². The summed E-state index contributed by atoms with van der Waals surface area (Å²) in [6, 6.07) is 22.0. The molecule has 0 fully saturated rings. The maximum atomic E-state index is 13.0. The Labute approximate surface area is 189 Å². The van der Waals surface area contributed by atoms with Crippen molar-refractivity contribution in [1.29, 1.82) is 0 Å². The van der Waals surface area contributed by atoms with Crippen molar-refractivity contribution < 1.29 is 17.9 Å². The number of sulfonamides is 1. The number of benzene rings is 3. The summed E-state index contributed by atoms with van der Waals surface area (Å²) in [7, 11) is -2.13. The van der Waals surface area contributed by atoms with E-state index in [-0.39, 0.29) is 16.8 Å². The Balaban J connectivity index is 1.78. The number of anilines is 1. The number of amides is 1. The highest BCUT2D eigenvalue weighted by molar-refractivity contribution is 7.92. The fraction of sp³-hybridized carbons (Fsp3) is 0.240. The van der Waals surface area contributed by atoms with Gasteiger partial charge in [-0.2, -0.15) is 0 Å². The lowest BCUT2D eigenvalue weighted by Gasteiger charge is -2.22. The third-order valence-electron chi connectivity index (χ3n) is 4.96. The van der Waals surface area contributed by atoms with Crippen LogP contribution in [0.25, 0.3) is 0 Å². The van der Waals surface area contributed by atoms with Crippen LogP contribution in [0.15, 0.2) is 83.8 Å². The zero-order chi connectivity index (χ0) is 23.1. The van der Waals surface area contributed by atoms with Gasteiger partial charge in [-0.1, -0.05) is 50.2 Å². The Hall–Kier alpha value is -3.32. The van der Waals surface area contributed by atoms with E-state index in [2.05, 4.69) is 23.9 Å². The molecule has 0 saturated heterocycles. The molecule has 7 heteroatoms. The van der Waals surface area contributed by atoms with Crippen molar-refractivity contribution in [3.05, 3.63) is 90.0 Å². The van der Waals surface area contributed by atoms with Crippen LogP contribution in [-0.2, 0) is 10.0 Å². The lowest BCUT2D eigenvalue weighted by molar-refractivity contribution is 0.0932. The Morgan fingerprint density at radius 3 is 2.25 bits per heavy atom. The topological polar surface area (TPSA) is 84.5 Å². The highest BCUT2D eigenvalue weighted by atomic mass is 32.2. The fourth-order valence-corrected chi connectivity index (χ4v) is 4.44. The van der Waals surface area contributed by atoms with Gasteiger partial charge in [-0.05, 0) is 60.4 Å². The summed E-state index contributed by atoms with van der Waals surface area (Å²) < 4.78 is 33.0. The Morgan fingerprint density at radius 2 is 1.62 bits per heavy atom. The average molecular weight is 453 g/mol. The first-order chi connectivity index (χ1) is 15.3. The van der Waals surface area contributed by atoms with Crippen LogP contribution in [0.3, 0.4) is 0 Å². The van der Waals surface area contributed by atoms with Gasteiger partial charge in [-0.25, -0.2) is 8.42 Å². The molecule has 0 aliphatic heterocycles. The Bertz CT molecular complexity index is 1140. The maximum absolute atomic E-state index is 13.0. The molecular weight excluding hydrogens is 424 g/mol. The summed E-state index contributed by atoms with van der Waals surface area (Å²) >= 11 is 0. The van der Waals surface area contributed by atoms with E-state index in [0.29, 0.717) is 17.2 Å². The van der Waals surface area contributed by atoms with Crippen LogP contribution in [0.1, 0.15) is 42.2 Å². The molecule has 0 heterocycles. The minimum Gasteiger partial charge on any atom is -0.497 e. The van der Waals surface area contributed by atoms with Gasteiger partial charge in [-0.3, -0.25) is 9.52 Å². The number of hydrogen-bond donors (Lipinski definition) is 2. The van der Waals surface area contributed by atoms with Gasteiger partial charge in [0, 0.05) is 11.3 Å². The van der Waals surface area contributed by atoms with Crippen molar-refractivity contribution in [2.45, 2.75) is 31.2 Å². The van der Waals surface area contributed by atoms with Gasteiger partial charge in [0.25, 0.3) is 15.9 Å². The van der Waals surface area contributed by atoms with Gasteiger partial charge in [0.15, 0.2) is 0 Å². The lowest BCUT2D eigenvalue weighted by atomic mass is 9.96. The van der Waals surface area contributed by atoms with Gasteiger partial charge in [0.05, 0.1) is 18.0 Å². The smallest absolute Gasteiger partial charge is 0.261 e. The predicted octanol–water partition coefficient (Wildman–Crippen LogP) is 5.01. The Morgan fingerprint density at radius 1 is 0.938 bits per heavy atom. The van der Waals surface area contributed by atoms with Crippen molar-refractivity contribution in [3.63, 3.8) is 0 Å². The highest BCUT2D eigenvalue weighted by Gasteiger charge is 2.19. The molecule has 0 unspecified atom stereocenters. The molecule has 0 aromatic heterocycles. The number of ether oxygens (including phenoxy) is 1. The van der Waals surface area contributed by atoms with E-state index in [1.54, 1.807) is 43.5 Å². The summed E-state index contributed by atoms with van der Waals surface area (Å²) in [4.78, 5) is 13.2. The van der Waals surface area contributed by atoms with Crippen LogP contribution in [0.2, 0.25) is 0 Å². The van der Waals surface area contributed by atoms with Gasteiger partial charge < -0.3 is 10.1 Å². The first-order valence-electron chi connectivity index (χ1n) is 10.4. The van der Waals surface area contributed by atoms with E-state index in [1.807, 2.05) is 24.3 Å². The second kappa shape index (κ2) is 10.3. The first kappa shape index (κ1) is 23.3. The SMILES string of the molecule is COc1ccc([C@@H](CC(C)C)NC(=O)c2cccc(NS(=O)(=O)c3ccccc3)c2)cc1. The molecule has 6 nitrogen and oxygen atoms in total. The summed E-state index contributed by atoms with van der Waals surface area (Å²) in [5.74, 6) is 0.848. The van der Waals surface area contributed by atoms with Gasteiger partial charge in [0.1, 0.15) is 5.75 Å². The number of rotatable bonds is 9. The molecule has 0 saturated carbocycles. The molecule has 1 atom stereocenters. The standard InChI is InChI=1S/C25H28N2O4S/c1-18(2)16-24(19-12-14-22(31-3)15-13-19)26-25(28)20-8-7-9-21(17-20)27-32(29,30)23-10-5-4-6-11-23/h4-15,17-18,24,27H,16H2,1-3H3,(H,26,28)/t24-/m1/s1. The second-order valence-electron chi connectivity index (χ2n) is 7.93. The van der Waals surface area contributed by atoms with Crippen molar-refractivity contribution in [3.8, 4) is 5.75 Å². The van der Waals surface area contributed by atoms with Crippen molar-refractivity contribution in [1.82, 2.24) is 5.32 Å². The third-order valence-corrected chi connectivity index (χ3v) is 6.36. The number of hydrogen-bond acceptors (Lipinski definition) is 4. The molecule has 2 N–H and O–H groups in total. The molecule has 0 spiro atoms. The molecule has 3 rings (SSSR count). The van der Waals surface area contributed by atoms with E-state index in [0.717, 1.165) is 17.7 Å². The van der Waals surface area contributed by atoms with E-state index >= 15 is 0 Å². The lowest BCUT2D eigenvalue weighted by Crippen LogP contribution is -2.29. The average Bonchev–Trinajstić information content (AvgIpc) is 2.79. The monoisotopic (exact) mass is 452 g/mol. The molecule has 0 radical (unpaired) electrons. The van der Waals surface area contributed by atoms with Crippen LogP contribution in [0.4, 0.5) is 5.69 Å². The normalized spacial score (nSPS) is 12.2. The molecular formula is C25H28N2O4S. The number of carbonyl (C=O) groups is 1. The number of nitrogens with one attached hydrogen (secondary N) is 2. The van der Waals surface area contributed by atoms with Crippen LogP contribution >= 0.6 is 0 Å². The Kier molecular flexibility index (Phi) is 7.53. The fourth-order valence-electron chi connectivity index (χ4n) is 3.37. The second-order valence-corrected chi connectivity index (χ2v) is 9.61. The summed E-state index contributed by atoms with van der Waals surface area (Å²) in [5, 5.41) is 3.08. The predicted molar refractivity (Wildman–Crippen MR) is 126 cm³/mol. The molecule has 168 valence electrons. The minimum atomic E-state index is -3.74. The quantitative estimate of drug-likeness (QED) is 0.478. The van der Waals surface area contributed by atoms with Crippen LogP contribution in [0.5, 0.6) is 5.75 Å². The summed E-state index contributed by atoms with van der Waals surface area (Å²) in [6.45, 7) is 4.20. The van der Waals surface area contributed by atoms with E-state index in [9.17, 15) is 13.2 Å². The molecule has 3 aromatic carbocycles. The molecule has 32 heavy (non-hydrogen) atoms. The van der Waals surface area contributed by atoms with Crippen molar-refractivity contribution in [2.75, 3.05) is 11.8 Å². The van der Waals surface area contributed by atoms with Crippen molar-refractivity contribution >= 4 is 21.6 Å². The molecule has 1 amide bonds. The highest BCUT2D eigenvalue weighted by Crippen LogP contribution is 2.25. The van der Waals surface area contributed by atoms with Crippen LogP contribution < -0.4 is 14.8 Å². The molecule has 0 bridgehead atoms. The van der Waals surface area contributed by atoms with Gasteiger partial charge in [-0.15, -0.1) is 0 Å². The largest absolute Gasteiger partial charge is 0.497 e. The number of methoxy groups -OCH3 is 1. The third kappa shape index (κ3) is 6.11.